The summed E-state index contributed by atoms with van der Waals surface area (Å²) in [5.41, 5.74) is 1.09. The van der Waals surface area contributed by atoms with Crippen LogP contribution in [0, 0.1) is 12.8 Å². The number of hydrogen-bond donors (Lipinski definition) is 0. The van der Waals surface area contributed by atoms with Gasteiger partial charge in [-0.3, -0.25) is 0 Å². The van der Waals surface area contributed by atoms with Gasteiger partial charge in [0.15, 0.2) is 0 Å². The minimum atomic E-state index is -1.47. The van der Waals surface area contributed by atoms with E-state index in [0.29, 0.717) is 4.90 Å². The van der Waals surface area contributed by atoms with Gasteiger partial charge in [0, 0.05) is 0 Å². The Morgan fingerprint density at radius 1 is 1.40 bits per heavy atom. The van der Waals surface area contributed by atoms with Crippen molar-refractivity contribution in [3.63, 3.8) is 0 Å². The van der Waals surface area contributed by atoms with Gasteiger partial charge in [-0.1, -0.05) is 43.1 Å². The number of alkyl halides is 1. The fourth-order valence-electron chi connectivity index (χ4n) is 2.32. The third-order valence-corrected chi connectivity index (χ3v) is 5.61. The Morgan fingerprint density at radius 3 is 2.40 bits per heavy atom. The van der Waals surface area contributed by atoms with E-state index in [1.54, 1.807) is 12.1 Å². The summed E-state index contributed by atoms with van der Waals surface area (Å²) in [4.78, 5) is 11.2. The van der Waals surface area contributed by atoms with Gasteiger partial charge in [0.25, 0.3) is 0 Å². The summed E-state index contributed by atoms with van der Waals surface area (Å²) in [5, 5.41) is 0. The number of rotatable bonds is 4. The molecule has 1 aliphatic rings. The van der Waals surface area contributed by atoms with Gasteiger partial charge >= 0.3 is 5.97 Å². The van der Waals surface area contributed by atoms with E-state index in [4.69, 9.17) is 16.3 Å². The third kappa shape index (κ3) is 2.38. The normalized spacial score (nSPS) is 30.1. The molecule has 0 saturated carbocycles. The molecule has 0 aliphatic carbocycles. The van der Waals surface area contributed by atoms with E-state index < -0.39 is 22.0 Å². The van der Waals surface area contributed by atoms with E-state index >= 15 is 0 Å². The molecule has 1 fully saturated rings. The summed E-state index contributed by atoms with van der Waals surface area (Å²) in [5.74, 6) is -0.459. The summed E-state index contributed by atoms with van der Waals surface area (Å²) in [6, 6.07) is 7.05. The largest absolute Gasteiger partial charge is 0.467 e. The Balaban J connectivity index is 2.30. The van der Waals surface area contributed by atoms with Crippen molar-refractivity contribution in [2.24, 2.45) is 5.92 Å². The Morgan fingerprint density at radius 2 is 1.95 bits per heavy atom. The molecule has 2 rings (SSSR count). The average molecular weight is 316 g/mol. The second kappa shape index (κ2) is 5.47. The lowest BCUT2D eigenvalue weighted by atomic mass is 10.1. The number of carbonyl (C=O) groups excluding carboxylic acids is 1. The van der Waals surface area contributed by atoms with Crippen LogP contribution in [0.1, 0.15) is 19.4 Å². The first kappa shape index (κ1) is 15.5. The topological polar surface area (TPSA) is 46.4 Å². The van der Waals surface area contributed by atoms with Crippen LogP contribution in [-0.4, -0.2) is 32.6 Å². The Bertz CT molecular complexity index is 546. The zero-order valence-corrected chi connectivity index (χ0v) is 13.5. The van der Waals surface area contributed by atoms with Crippen molar-refractivity contribution >= 4 is 28.6 Å². The van der Waals surface area contributed by atoms with E-state index in [2.05, 4.69) is 0 Å². The summed E-state index contributed by atoms with van der Waals surface area (Å²) < 4.78 is 18.9. The molecule has 1 heterocycles. The molecule has 1 aliphatic heterocycles. The van der Waals surface area contributed by atoms with Crippen LogP contribution in [0.3, 0.4) is 0 Å². The molecule has 1 aromatic carbocycles. The molecule has 4 nitrogen and oxygen atoms in total. The van der Waals surface area contributed by atoms with Crippen LogP contribution in [0.15, 0.2) is 29.2 Å². The SMILES string of the molecule is COC(=O)[C@]1(Cl)[C@H](C(C)C)N1S(=O)c1ccc(C)cc1. The summed E-state index contributed by atoms with van der Waals surface area (Å²) in [6.07, 6.45) is 0. The monoisotopic (exact) mass is 315 g/mol. The standard InChI is InChI=1S/C14H18ClNO3S/c1-9(2)12-14(15,13(17)19-4)16(12)20(18)11-7-5-10(3)6-8-11/h5-9,12H,1-4H3/t12-,14-,16?,20?/m0/s1. The van der Waals surface area contributed by atoms with Crippen molar-refractivity contribution in [2.75, 3.05) is 7.11 Å². The van der Waals surface area contributed by atoms with Gasteiger partial charge in [0.05, 0.1) is 18.0 Å². The average Bonchev–Trinajstić information content (AvgIpc) is 3.06. The second-order valence-corrected chi connectivity index (χ2v) is 7.18. The number of hydrogen-bond acceptors (Lipinski definition) is 3. The molecule has 1 saturated heterocycles. The fourth-order valence-corrected chi connectivity index (χ4v) is 4.63. The van der Waals surface area contributed by atoms with Gasteiger partial charge in [0.2, 0.25) is 5.00 Å². The first-order valence-corrected chi connectivity index (χ1v) is 7.87. The maximum atomic E-state index is 12.6. The number of carbonyl (C=O) groups is 1. The molecule has 0 N–H and O–H groups in total. The van der Waals surface area contributed by atoms with Gasteiger partial charge in [-0.25, -0.2) is 9.00 Å². The molecule has 6 heteroatoms. The zero-order chi connectivity index (χ0) is 15.1. The number of benzene rings is 1. The predicted octanol–water partition coefficient (Wildman–Crippen LogP) is 2.47. The first-order chi connectivity index (χ1) is 9.33. The van der Waals surface area contributed by atoms with Crippen molar-refractivity contribution in [1.29, 1.82) is 0 Å². The van der Waals surface area contributed by atoms with E-state index in [1.165, 1.54) is 11.4 Å². The summed E-state index contributed by atoms with van der Waals surface area (Å²) in [7, 11) is -0.187. The van der Waals surface area contributed by atoms with Gasteiger partial charge in [0.1, 0.15) is 11.0 Å². The molecule has 20 heavy (non-hydrogen) atoms. The fraction of sp³-hybridized carbons (Fsp3) is 0.500. The number of halogens is 1. The maximum Gasteiger partial charge on any atom is 0.344 e. The van der Waals surface area contributed by atoms with E-state index in [1.807, 2.05) is 32.9 Å². The Hall–Kier alpha value is -0.910. The Labute approximate surface area is 126 Å². The van der Waals surface area contributed by atoms with Crippen LogP contribution >= 0.6 is 11.6 Å². The molecular formula is C14H18ClNO3S. The Kier molecular flexibility index (Phi) is 4.23. The molecule has 1 aromatic rings. The second-order valence-electron chi connectivity index (χ2n) is 5.24. The van der Waals surface area contributed by atoms with E-state index in [9.17, 15) is 9.00 Å². The van der Waals surface area contributed by atoms with Crippen LogP contribution < -0.4 is 0 Å². The molecule has 110 valence electrons. The zero-order valence-electron chi connectivity index (χ0n) is 11.9. The number of esters is 1. The van der Waals surface area contributed by atoms with Crippen molar-refractivity contribution in [3.05, 3.63) is 29.8 Å². The highest BCUT2D eigenvalue weighted by molar-refractivity contribution is 7.83. The van der Waals surface area contributed by atoms with Crippen molar-refractivity contribution in [3.8, 4) is 0 Å². The van der Waals surface area contributed by atoms with Gasteiger partial charge in [-0.2, -0.15) is 4.31 Å². The predicted molar refractivity (Wildman–Crippen MR) is 78.7 cm³/mol. The molecule has 2 unspecified atom stereocenters. The molecule has 0 spiro atoms. The highest BCUT2D eigenvalue weighted by Gasteiger charge is 2.72. The minimum absolute atomic E-state index is 0.0981. The summed E-state index contributed by atoms with van der Waals surface area (Å²) in [6.45, 7) is 5.84. The lowest BCUT2D eigenvalue weighted by Crippen LogP contribution is -2.27. The van der Waals surface area contributed by atoms with Crippen molar-refractivity contribution in [2.45, 2.75) is 36.7 Å². The first-order valence-electron chi connectivity index (χ1n) is 6.39. The van der Waals surface area contributed by atoms with Crippen LogP contribution in [-0.2, 0) is 20.5 Å². The molecule has 0 bridgehead atoms. The lowest BCUT2D eigenvalue weighted by Gasteiger charge is -2.07. The van der Waals surface area contributed by atoms with Gasteiger partial charge < -0.3 is 4.74 Å². The number of methoxy groups -OCH3 is 1. The molecule has 0 radical (unpaired) electrons. The highest BCUT2D eigenvalue weighted by atomic mass is 35.5. The molecule has 4 atom stereocenters. The van der Waals surface area contributed by atoms with Gasteiger partial charge in [-0.15, -0.1) is 0 Å². The van der Waals surface area contributed by atoms with Crippen LogP contribution in [0.2, 0.25) is 0 Å². The van der Waals surface area contributed by atoms with Crippen LogP contribution in [0.5, 0.6) is 0 Å². The van der Waals surface area contributed by atoms with Crippen LogP contribution in [0.25, 0.3) is 0 Å². The molecule has 0 amide bonds. The van der Waals surface area contributed by atoms with Crippen molar-refractivity contribution < 1.29 is 13.7 Å². The number of nitrogens with zero attached hydrogens (tertiary/aromatic N) is 1. The van der Waals surface area contributed by atoms with Crippen molar-refractivity contribution in [1.82, 2.24) is 4.31 Å². The third-order valence-electron chi connectivity index (χ3n) is 3.40. The molecule has 0 aromatic heterocycles. The summed E-state index contributed by atoms with van der Waals surface area (Å²) >= 11 is 6.36. The smallest absolute Gasteiger partial charge is 0.344 e. The number of ether oxygens (including phenoxy) is 1. The lowest BCUT2D eigenvalue weighted by molar-refractivity contribution is -0.141. The van der Waals surface area contributed by atoms with E-state index in [0.717, 1.165) is 5.56 Å². The molecular weight excluding hydrogens is 298 g/mol. The minimum Gasteiger partial charge on any atom is -0.467 e. The maximum absolute atomic E-state index is 12.6. The highest BCUT2D eigenvalue weighted by Crippen LogP contribution is 2.52. The van der Waals surface area contributed by atoms with Gasteiger partial charge in [-0.05, 0) is 25.0 Å². The number of aryl methyl sites for hydroxylation is 1. The quantitative estimate of drug-likeness (QED) is 0.371. The van der Waals surface area contributed by atoms with Crippen LogP contribution in [0.4, 0.5) is 0 Å². The van der Waals surface area contributed by atoms with E-state index in [-0.39, 0.29) is 12.0 Å².